The number of hydrogen-bond acceptors (Lipinski definition) is 2. The van der Waals surface area contributed by atoms with Crippen LogP contribution < -0.4 is 5.32 Å². The maximum absolute atomic E-state index is 12.8. The fourth-order valence-electron chi connectivity index (χ4n) is 3.21. The normalized spacial score (nSPS) is 18.1. The smallest absolute Gasteiger partial charge is 0.305 e. The molecule has 1 atom stereocenters. The van der Waals surface area contributed by atoms with Crippen LogP contribution in [0.15, 0.2) is 30.3 Å². The lowest BCUT2D eigenvalue weighted by atomic mass is 9.77. The largest absolute Gasteiger partial charge is 0.481 e. The van der Waals surface area contributed by atoms with Crippen molar-refractivity contribution >= 4 is 11.9 Å². The minimum atomic E-state index is -0.873. The Kier molecular flexibility index (Phi) is 4.99. The highest BCUT2D eigenvalue weighted by Gasteiger charge is 2.43. The van der Waals surface area contributed by atoms with Crippen molar-refractivity contribution < 1.29 is 14.7 Å². The van der Waals surface area contributed by atoms with E-state index in [2.05, 4.69) is 5.32 Å². The summed E-state index contributed by atoms with van der Waals surface area (Å²) in [6.45, 7) is 1.90. The Balaban J connectivity index is 2.19. The highest BCUT2D eigenvalue weighted by atomic mass is 16.4. The summed E-state index contributed by atoms with van der Waals surface area (Å²) in [5, 5.41) is 11.9. The quantitative estimate of drug-likeness (QED) is 0.846. The molecule has 2 rings (SSSR count). The molecule has 0 heterocycles. The predicted molar refractivity (Wildman–Crippen MR) is 81.1 cm³/mol. The number of aliphatic carboxylic acids is 1. The molecule has 0 spiro atoms. The van der Waals surface area contributed by atoms with Gasteiger partial charge in [0.15, 0.2) is 0 Å². The molecule has 1 fully saturated rings. The Morgan fingerprint density at radius 3 is 2.38 bits per heavy atom. The van der Waals surface area contributed by atoms with Gasteiger partial charge in [0.05, 0.1) is 11.8 Å². The molecule has 1 saturated carbocycles. The van der Waals surface area contributed by atoms with Crippen molar-refractivity contribution in [2.75, 3.05) is 0 Å². The monoisotopic (exact) mass is 289 g/mol. The summed E-state index contributed by atoms with van der Waals surface area (Å²) < 4.78 is 0. The summed E-state index contributed by atoms with van der Waals surface area (Å²) in [5.74, 6) is -0.887. The zero-order chi connectivity index (χ0) is 15.3. The molecule has 1 amide bonds. The van der Waals surface area contributed by atoms with Gasteiger partial charge >= 0.3 is 5.97 Å². The van der Waals surface area contributed by atoms with Crippen LogP contribution in [-0.2, 0) is 15.0 Å². The first-order valence-corrected chi connectivity index (χ1v) is 7.67. The lowest BCUT2D eigenvalue weighted by Crippen LogP contribution is -2.47. The molecule has 0 bridgehead atoms. The molecule has 1 aromatic rings. The molecule has 4 nitrogen and oxygen atoms in total. The average molecular weight is 289 g/mol. The van der Waals surface area contributed by atoms with Gasteiger partial charge in [-0.1, -0.05) is 50.1 Å². The highest BCUT2D eigenvalue weighted by Crippen LogP contribution is 2.41. The molecule has 114 valence electrons. The Morgan fingerprint density at radius 1 is 1.24 bits per heavy atom. The molecular formula is C17H23NO3. The van der Waals surface area contributed by atoms with Crippen LogP contribution >= 0.6 is 0 Å². The molecule has 21 heavy (non-hydrogen) atoms. The van der Waals surface area contributed by atoms with Crippen LogP contribution in [0.5, 0.6) is 0 Å². The second-order valence-electron chi connectivity index (χ2n) is 5.83. The minimum Gasteiger partial charge on any atom is -0.481 e. The van der Waals surface area contributed by atoms with E-state index in [-0.39, 0.29) is 18.4 Å². The van der Waals surface area contributed by atoms with Crippen molar-refractivity contribution in [2.45, 2.75) is 56.9 Å². The third kappa shape index (κ3) is 3.43. The molecule has 1 unspecified atom stereocenters. The molecule has 1 aliphatic carbocycles. The van der Waals surface area contributed by atoms with Gasteiger partial charge in [0, 0.05) is 6.04 Å². The van der Waals surface area contributed by atoms with Crippen molar-refractivity contribution in [1.82, 2.24) is 5.32 Å². The van der Waals surface area contributed by atoms with Gasteiger partial charge in [0.2, 0.25) is 5.91 Å². The first-order chi connectivity index (χ1) is 10.1. The van der Waals surface area contributed by atoms with Gasteiger partial charge in [0.25, 0.3) is 0 Å². The van der Waals surface area contributed by atoms with E-state index >= 15 is 0 Å². The zero-order valence-corrected chi connectivity index (χ0v) is 12.5. The van der Waals surface area contributed by atoms with Crippen LogP contribution in [0.2, 0.25) is 0 Å². The maximum Gasteiger partial charge on any atom is 0.305 e. The van der Waals surface area contributed by atoms with E-state index in [1.54, 1.807) is 0 Å². The Labute approximate surface area is 125 Å². The molecular weight excluding hydrogens is 266 g/mol. The number of carbonyl (C=O) groups excluding carboxylic acids is 1. The number of carbonyl (C=O) groups is 2. The first-order valence-electron chi connectivity index (χ1n) is 7.67. The van der Waals surface area contributed by atoms with Gasteiger partial charge in [-0.25, -0.2) is 0 Å². The summed E-state index contributed by atoms with van der Waals surface area (Å²) in [4.78, 5) is 23.7. The van der Waals surface area contributed by atoms with Crippen LogP contribution in [0.3, 0.4) is 0 Å². The minimum absolute atomic E-state index is 0.0145. The SMILES string of the molecule is CCC(CC(=O)O)NC(=O)C1(c2ccccc2)CCCC1. The van der Waals surface area contributed by atoms with Gasteiger partial charge in [0.1, 0.15) is 0 Å². The van der Waals surface area contributed by atoms with E-state index in [1.165, 1.54) is 0 Å². The number of hydrogen-bond donors (Lipinski definition) is 2. The third-order valence-corrected chi connectivity index (χ3v) is 4.47. The van der Waals surface area contributed by atoms with E-state index in [9.17, 15) is 9.59 Å². The molecule has 2 N–H and O–H groups in total. The summed E-state index contributed by atoms with van der Waals surface area (Å²) in [6, 6.07) is 9.57. The van der Waals surface area contributed by atoms with E-state index in [0.717, 1.165) is 31.2 Å². The van der Waals surface area contributed by atoms with Gasteiger partial charge in [-0.2, -0.15) is 0 Å². The number of carboxylic acids is 1. The topological polar surface area (TPSA) is 66.4 Å². The second kappa shape index (κ2) is 6.74. The summed E-state index contributed by atoms with van der Waals surface area (Å²) in [5.41, 5.74) is 0.567. The van der Waals surface area contributed by atoms with E-state index < -0.39 is 11.4 Å². The lowest BCUT2D eigenvalue weighted by Gasteiger charge is -2.30. The van der Waals surface area contributed by atoms with Gasteiger partial charge in [-0.3, -0.25) is 9.59 Å². The standard InChI is InChI=1S/C17H23NO3/c1-2-14(12-15(19)20)18-16(21)17(10-6-7-11-17)13-8-4-3-5-9-13/h3-5,8-9,14H,2,6-7,10-12H2,1H3,(H,18,21)(H,19,20). The average Bonchev–Trinajstić information content (AvgIpc) is 2.97. The number of rotatable bonds is 6. The number of nitrogens with one attached hydrogen (secondary N) is 1. The molecule has 0 aromatic heterocycles. The van der Waals surface area contributed by atoms with E-state index in [4.69, 9.17) is 5.11 Å². The molecule has 0 aliphatic heterocycles. The first kappa shape index (κ1) is 15.5. The van der Waals surface area contributed by atoms with Crippen molar-refractivity contribution in [1.29, 1.82) is 0 Å². The van der Waals surface area contributed by atoms with Crippen LogP contribution in [0.25, 0.3) is 0 Å². The summed E-state index contributed by atoms with van der Waals surface area (Å²) >= 11 is 0. The van der Waals surface area contributed by atoms with Crippen molar-refractivity contribution in [2.24, 2.45) is 0 Å². The van der Waals surface area contributed by atoms with Gasteiger partial charge < -0.3 is 10.4 Å². The van der Waals surface area contributed by atoms with Crippen LogP contribution in [0.4, 0.5) is 0 Å². The lowest BCUT2D eigenvalue weighted by molar-refractivity contribution is -0.138. The van der Waals surface area contributed by atoms with Crippen LogP contribution in [0.1, 0.15) is 51.0 Å². The van der Waals surface area contributed by atoms with Crippen molar-refractivity contribution in [3.63, 3.8) is 0 Å². The van der Waals surface area contributed by atoms with E-state index in [0.29, 0.717) is 6.42 Å². The number of amides is 1. The predicted octanol–water partition coefficient (Wildman–Crippen LogP) is 2.87. The molecule has 0 saturated heterocycles. The molecule has 4 heteroatoms. The number of benzene rings is 1. The highest BCUT2D eigenvalue weighted by molar-refractivity contribution is 5.89. The summed E-state index contributed by atoms with van der Waals surface area (Å²) in [6.07, 6.45) is 4.37. The van der Waals surface area contributed by atoms with Gasteiger partial charge in [-0.15, -0.1) is 0 Å². The van der Waals surface area contributed by atoms with Gasteiger partial charge in [-0.05, 0) is 24.8 Å². The third-order valence-electron chi connectivity index (χ3n) is 4.47. The molecule has 1 aromatic carbocycles. The zero-order valence-electron chi connectivity index (χ0n) is 12.5. The summed E-state index contributed by atoms with van der Waals surface area (Å²) in [7, 11) is 0. The fourth-order valence-corrected chi connectivity index (χ4v) is 3.21. The van der Waals surface area contributed by atoms with Crippen LogP contribution in [-0.4, -0.2) is 23.0 Å². The number of carboxylic acid groups (broad SMARTS) is 1. The Hall–Kier alpha value is -1.84. The van der Waals surface area contributed by atoms with Crippen molar-refractivity contribution in [3.8, 4) is 0 Å². The fraction of sp³-hybridized carbons (Fsp3) is 0.529. The molecule has 0 radical (unpaired) electrons. The maximum atomic E-state index is 12.8. The molecule has 1 aliphatic rings. The van der Waals surface area contributed by atoms with Crippen LogP contribution in [0, 0.1) is 0 Å². The Bertz CT molecular complexity index is 492. The Morgan fingerprint density at radius 2 is 1.86 bits per heavy atom. The van der Waals surface area contributed by atoms with Crippen molar-refractivity contribution in [3.05, 3.63) is 35.9 Å². The van der Waals surface area contributed by atoms with E-state index in [1.807, 2.05) is 37.3 Å². The second-order valence-corrected chi connectivity index (χ2v) is 5.83.